The average molecular weight is 429 g/mol. The molecule has 2 aromatic rings. The van der Waals surface area contributed by atoms with Crippen LogP contribution in [0.5, 0.6) is 0 Å². The third-order valence-corrected chi connectivity index (χ3v) is 5.96. The number of ether oxygens (including phenoxy) is 1. The molecule has 168 valence electrons. The Labute approximate surface area is 184 Å². The van der Waals surface area contributed by atoms with E-state index in [-0.39, 0.29) is 17.3 Å². The monoisotopic (exact) mass is 428 g/mol. The molecule has 1 N–H and O–H groups in total. The number of rotatable bonds is 4. The number of anilines is 1. The fourth-order valence-corrected chi connectivity index (χ4v) is 3.98. The largest absolute Gasteiger partial charge is 0.381 e. The SMILES string of the molecule is CCC(=O)N1Cc2nc(NC3CCOCC3)ncc2C1(C)C.CCc1cccc(F)c1. The molecule has 3 heterocycles. The molecule has 0 saturated carbocycles. The molecular weight excluding hydrogens is 395 g/mol. The second-order valence-electron chi connectivity index (χ2n) is 8.46. The first-order valence-electron chi connectivity index (χ1n) is 11.1. The van der Waals surface area contributed by atoms with E-state index in [0.29, 0.717) is 25.0 Å². The van der Waals surface area contributed by atoms with E-state index < -0.39 is 0 Å². The summed E-state index contributed by atoms with van der Waals surface area (Å²) in [7, 11) is 0. The smallest absolute Gasteiger partial charge is 0.223 e. The molecule has 0 unspecified atom stereocenters. The maximum Gasteiger partial charge on any atom is 0.223 e. The molecule has 2 aliphatic rings. The van der Waals surface area contributed by atoms with E-state index in [0.717, 1.165) is 49.3 Å². The molecule has 1 fully saturated rings. The molecule has 1 aromatic carbocycles. The van der Waals surface area contributed by atoms with E-state index in [2.05, 4.69) is 29.1 Å². The van der Waals surface area contributed by atoms with Crippen LogP contribution in [-0.2, 0) is 28.0 Å². The third kappa shape index (κ3) is 5.58. The van der Waals surface area contributed by atoms with Crippen LogP contribution in [0, 0.1) is 5.82 Å². The summed E-state index contributed by atoms with van der Waals surface area (Å²) >= 11 is 0. The lowest BCUT2D eigenvalue weighted by atomic mass is 9.97. The number of nitrogens with one attached hydrogen (secondary N) is 1. The van der Waals surface area contributed by atoms with Gasteiger partial charge in [-0.2, -0.15) is 0 Å². The molecule has 4 rings (SSSR count). The molecular formula is C24H33FN4O2. The number of halogens is 1. The number of aryl methyl sites for hydroxylation is 1. The van der Waals surface area contributed by atoms with Gasteiger partial charge in [0.05, 0.1) is 17.8 Å². The van der Waals surface area contributed by atoms with Crippen LogP contribution in [0.1, 0.15) is 63.8 Å². The van der Waals surface area contributed by atoms with Gasteiger partial charge in [0.25, 0.3) is 0 Å². The Balaban J connectivity index is 0.000000254. The predicted molar refractivity (Wildman–Crippen MR) is 119 cm³/mol. The van der Waals surface area contributed by atoms with E-state index >= 15 is 0 Å². The van der Waals surface area contributed by atoms with Gasteiger partial charge in [0, 0.05) is 37.4 Å². The number of aromatic nitrogens is 2. The van der Waals surface area contributed by atoms with Crippen LogP contribution in [0.2, 0.25) is 0 Å². The Kier molecular flexibility index (Phi) is 7.59. The quantitative estimate of drug-likeness (QED) is 0.780. The van der Waals surface area contributed by atoms with Crippen molar-refractivity contribution >= 4 is 11.9 Å². The minimum Gasteiger partial charge on any atom is -0.381 e. The predicted octanol–water partition coefficient (Wildman–Crippen LogP) is 4.44. The Morgan fingerprint density at radius 3 is 2.65 bits per heavy atom. The molecule has 1 amide bonds. The lowest BCUT2D eigenvalue weighted by molar-refractivity contribution is -0.136. The highest BCUT2D eigenvalue weighted by molar-refractivity contribution is 5.77. The van der Waals surface area contributed by atoms with E-state index in [1.54, 1.807) is 12.1 Å². The summed E-state index contributed by atoms with van der Waals surface area (Å²) in [5.74, 6) is 0.670. The third-order valence-electron chi connectivity index (χ3n) is 5.96. The van der Waals surface area contributed by atoms with Crippen molar-refractivity contribution in [3.05, 3.63) is 53.1 Å². The topological polar surface area (TPSA) is 67.4 Å². The number of fused-ring (bicyclic) bond motifs is 1. The minimum absolute atomic E-state index is 0.144. The van der Waals surface area contributed by atoms with E-state index in [1.807, 2.05) is 31.0 Å². The molecule has 2 aliphatic heterocycles. The second-order valence-corrected chi connectivity index (χ2v) is 8.46. The molecule has 6 nitrogen and oxygen atoms in total. The Bertz CT molecular complexity index is 897. The summed E-state index contributed by atoms with van der Waals surface area (Å²) < 4.78 is 17.7. The lowest BCUT2D eigenvalue weighted by Gasteiger charge is -2.31. The average Bonchev–Trinajstić information content (AvgIpc) is 3.04. The van der Waals surface area contributed by atoms with Crippen LogP contribution >= 0.6 is 0 Å². The van der Waals surface area contributed by atoms with Crippen molar-refractivity contribution < 1.29 is 13.9 Å². The Morgan fingerprint density at radius 1 is 1.29 bits per heavy atom. The van der Waals surface area contributed by atoms with Crippen molar-refractivity contribution in [1.29, 1.82) is 0 Å². The summed E-state index contributed by atoms with van der Waals surface area (Å²) in [6.07, 6.45) is 5.24. The number of carbonyl (C=O) groups excluding carboxylic acids is 1. The zero-order chi connectivity index (χ0) is 22.4. The number of benzene rings is 1. The van der Waals surface area contributed by atoms with Crippen LogP contribution in [0.3, 0.4) is 0 Å². The van der Waals surface area contributed by atoms with Crippen LogP contribution in [0.4, 0.5) is 10.3 Å². The lowest BCUT2D eigenvalue weighted by Crippen LogP contribution is -2.39. The number of hydrogen-bond acceptors (Lipinski definition) is 5. The van der Waals surface area contributed by atoms with Gasteiger partial charge in [0.2, 0.25) is 11.9 Å². The van der Waals surface area contributed by atoms with E-state index in [1.165, 1.54) is 6.07 Å². The van der Waals surface area contributed by atoms with Gasteiger partial charge in [-0.15, -0.1) is 0 Å². The van der Waals surface area contributed by atoms with Crippen molar-refractivity contribution in [2.24, 2.45) is 0 Å². The van der Waals surface area contributed by atoms with Gasteiger partial charge in [-0.25, -0.2) is 14.4 Å². The van der Waals surface area contributed by atoms with Gasteiger partial charge in [-0.3, -0.25) is 4.79 Å². The maximum atomic E-state index is 12.4. The van der Waals surface area contributed by atoms with Gasteiger partial charge >= 0.3 is 0 Å². The molecule has 1 aromatic heterocycles. The molecule has 1 saturated heterocycles. The molecule has 0 radical (unpaired) electrons. The first kappa shape index (κ1) is 23.1. The number of hydrogen-bond donors (Lipinski definition) is 1. The highest BCUT2D eigenvalue weighted by Crippen LogP contribution is 2.38. The maximum absolute atomic E-state index is 12.4. The second kappa shape index (κ2) is 10.2. The van der Waals surface area contributed by atoms with E-state index in [9.17, 15) is 9.18 Å². The first-order chi connectivity index (χ1) is 14.8. The summed E-state index contributed by atoms with van der Waals surface area (Å²) in [6.45, 7) is 10.2. The van der Waals surface area contributed by atoms with Crippen LogP contribution < -0.4 is 5.32 Å². The molecule has 0 bridgehead atoms. The fraction of sp³-hybridized carbons (Fsp3) is 0.542. The molecule has 0 spiro atoms. The van der Waals surface area contributed by atoms with Gasteiger partial charge < -0.3 is 15.0 Å². The fourth-order valence-electron chi connectivity index (χ4n) is 3.98. The van der Waals surface area contributed by atoms with Gasteiger partial charge in [-0.05, 0) is 50.8 Å². The Morgan fingerprint density at radius 2 is 2.03 bits per heavy atom. The number of amides is 1. The molecule has 7 heteroatoms. The normalized spacial score (nSPS) is 17.5. The standard InChI is InChI=1S/C16H24N4O2.C8H9F/c1-4-14(21)20-10-13-12(16(20,2)3)9-17-15(19-13)18-11-5-7-22-8-6-11;1-2-7-4-3-5-8(9)6-7/h9,11H,4-8,10H2,1-3H3,(H,17,18,19);3-6H,2H2,1H3. The van der Waals surface area contributed by atoms with Crippen molar-refractivity contribution in [2.75, 3.05) is 18.5 Å². The number of nitrogens with zero attached hydrogens (tertiary/aromatic N) is 3. The molecule has 0 aliphatic carbocycles. The molecule has 0 atom stereocenters. The zero-order valence-corrected chi connectivity index (χ0v) is 18.9. The zero-order valence-electron chi connectivity index (χ0n) is 18.9. The van der Waals surface area contributed by atoms with Crippen molar-refractivity contribution in [3.63, 3.8) is 0 Å². The van der Waals surface area contributed by atoms with Gasteiger partial charge in [-0.1, -0.05) is 26.0 Å². The van der Waals surface area contributed by atoms with Crippen LogP contribution in [0.15, 0.2) is 30.5 Å². The summed E-state index contributed by atoms with van der Waals surface area (Å²) in [5.41, 5.74) is 2.72. The highest BCUT2D eigenvalue weighted by atomic mass is 19.1. The summed E-state index contributed by atoms with van der Waals surface area (Å²) in [6, 6.07) is 7.03. The van der Waals surface area contributed by atoms with Gasteiger partial charge in [0.15, 0.2) is 0 Å². The van der Waals surface area contributed by atoms with Gasteiger partial charge in [0.1, 0.15) is 5.82 Å². The van der Waals surface area contributed by atoms with Crippen LogP contribution in [0.25, 0.3) is 0 Å². The Hall–Kier alpha value is -2.54. The molecule has 31 heavy (non-hydrogen) atoms. The van der Waals surface area contributed by atoms with Crippen LogP contribution in [-0.4, -0.2) is 40.0 Å². The first-order valence-corrected chi connectivity index (χ1v) is 11.1. The minimum atomic E-state index is -0.334. The highest BCUT2D eigenvalue weighted by Gasteiger charge is 2.41. The van der Waals surface area contributed by atoms with Crippen molar-refractivity contribution in [1.82, 2.24) is 14.9 Å². The van der Waals surface area contributed by atoms with Crippen molar-refractivity contribution in [2.45, 2.75) is 71.5 Å². The van der Waals surface area contributed by atoms with Crippen molar-refractivity contribution in [3.8, 4) is 0 Å². The summed E-state index contributed by atoms with van der Waals surface area (Å²) in [5, 5.41) is 3.39. The summed E-state index contributed by atoms with van der Waals surface area (Å²) in [4.78, 5) is 23.2. The van der Waals surface area contributed by atoms with E-state index in [4.69, 9.17) is 4.74 Å². The number of carbonyl (C=O) groups is 1.